The highest BCUT2D eigenvalue weighted by atomic mass is 32.1. The number of H-pyrrole nitrogens is 1. The van der Waals surface area contributed by atoms with Gasteiger partial charge in [0.25, 0.3) is 0 Å². The van der Waals surface area contributed by atoms with Crippen LogP contribution in [0.5, 0.6) is 0 Å². The summed E-state index contributed by atoms with van der Waals surface area (Å²) in [6.07, 6.45) is 3.58. The highest BCUT2D eigenvalue weighted by Crippen LogP contribution is 2.23. The van der Waals surface area contributed by atoms with Crippen LogP contribution in [-0.4, -0.2) is 16.9 Å². The number of hydrogen-bond acceptors (Lipinski definition) is 4. The van der Waals surface area contributed by atoms with E-state index in [0.29, 0.717) is 6.54 Å². The first-order valence-electron chi connectivity index (χ1n) is 5.85. The van der Waals surface area contributed by atoms with Crippen LogP contribution in [-0.2, 0) is 11.3 Å². The van der Waals surface area contributed by atoms with Crippen molar-refractivity contribution in [1.29, 1.82) is 0 Å². The summed E-state index contributed by atoms with van der Waals surface area (Å²) in [4.78, 5) is 25.3. The molecule has 17 heavy (non-hydrogen) atoms. The van der Waals surface area contributed by atoms with Crippen molar-refractivity contribution in [2.75, 3.05) is 0 Å². The number of nitrogens with one attached hydrogen (secondary N) is 2. The van der Waals surface area contributed by atoms with E-state index in [2.05, 4.69) is 10.3 Å². The molecule has 0 radical (unpaired) electrons. The van der Waals surface area contributed by atoms with Crippen molar-refractivity contribution in [3.63, 3.8) is 0 Å². The van der Waals surface area contributed by atoms with Crippen LogP contribution in [0.4, 0.5) is 0 Å². The largest absolute Gasteiger partial charge is 0.350 e. The van der Waals surface area contributed by atoms with E-state index in [9.17, 15) is 9.59 Å². The molecule has 1 fully saturated rings. The minimum atomic E-state index is -0.0853. The number of rotatable bonds is 3. The summed E-state index contributed by atoms with van der Waals surface area (Å²) in [5.74, 6) is 0.157. The van der Waals surface area contributed by atoms with E-state index in [1.165, 1.54) is 0 Å². The summed E-state index contributed by atoms with van der Waals surface area (Å²) in [5.41, 5.74) is 6.56. The number of amides is 1. The number of carbonyl (C=O) groups excluding carboxylic acids is 1. The summed E-state index contributed by atoms with van der Waals surface area (Å²) in [7, 11) is 0. The summed E-state index contributed by atoms with van der Waals surface area (Å²) >= 11 is 1.11. The van der Waals surface area contributed by atoms with E-state index < -0.39 is 0 Å². The van der Waals surface area contributed by atoms with Crippen LogP contribution >= 0.6 is 11.3 Å². The van der Waals surface area contributed by atoms with Crippen LogP contribution in [0.15, 0.2) is 10.2 Å². The zero-order valence-electron chi connectivity index (χ0n) is 9.57. The highest BCUT2D eigenvalue weighted by Gasteiger charge is 2.24. The van der Waals surface area contributed by atoms with Gasteiger partial charge in [-0.15, -0.1) is 0 Å². The molecule has 1 aliphatic carbocycles. The van der Waals surface area contributed by atoms with Crippen molar-refractivity contribution >= 4 is 17.2 Å². The van der Waals surface area contributed by atoms with E-state index in [-0.39, 0.29) is 22.7 Å². The highest BCUT2D eigenvalue weighted by molar-refractivity contribution is 7.07. The molecule has 1 heterocycles. The Morgan fingerprint density at radius 3 is 2.76 bits per heavy atom. The third-order valence-corrected chi connectivity index (χ3v) is 3.89. The van der Waals surface area contributed by atoms with Crippen LogP contribution in [0.1, 0.15) is 31.4 Å². The molecule has 1 aromatic heterocycles. The molecule has 1 aromatic rings. The average Bonchev–Trinajstić information content (AvgIpc) is 2.73. The van der Waals surface area contributed by atoms with Gasteiger partial charge in [0, 0.05) is 23.0 Å². The van der Waals surface area contributed by atoms with Crippen molar-refractivity contribution < 1.29 is 4.79 Å². The van der Waals surface area contributed by atoms with Crippen LogP contribution in [0.25, 0.3) is 0 Å². The SMILES string of the molecule is NC1CCC(C(=O)NCc2csc(=O)[nH]2)CC1. The molecule has 0 aliphatic heterocycles. The Hall–Kier alpha value is -1.14. The topological polar surface area (TPSA) is 88.0 Å². The third kappa shape index (κ3) is 3.41. The zero-order valence-corrected chi connectivity index (χ0v) is 10.4. The number of aromatic nitrogens is 1. The average molecular weight is 255 g/mol. The molecule has 1 saturated carbocycles. The first-order chi connectivity index (χ1) is 8.15. The Bertz CT molecular complexity index is 432. The fourth-order valence-electron chi connectivity index (χ4n) is 2.11. The van der Waals surface area contributed by atoms with E-state index in [0.717, 1.165) is 42.7 Å². The fourth-order valence-corrected chi connectivity index (χ4v) is 2.69. The van der Waals surface area contributed by atoms with Gasteiger partial charge in [-0.3, -0.25) is 9.59 Å². The quantitative estimate of drug-likeness (QED) is 0.738. The lowest BCUT2D eigenvalue weighted by atomic mass is 9.86. The molecule has 0 aromatic carbocycles. The molecule has 4 N–H and O–H groups in total. The fraction of sp³-hybridized carbons (Fsp3) is 0.636. The van der Waals surface area contributed by atoms with E-state index in [4.69, 9.17) is 5.73 Å². The van der Waals surface area contributed by atoms with Crippen molar-refractivity contribution in [2.24, 2.45) is 11.7 Å². The minimum Gasteiger partial charge on any atom is -0.350 e. The molecular formula is C11H17N3O2S. The maximum Gasteiger partial charge on any atom is 0.304 e. The second-order valence-electron chi connectivity index (χ2n) is 4.50. The maximum atomic E-state index is 11.8. The molecular weight excluding hydrogens is 238 g/mol. The molecule has 5 nitrogen and oxygen atoms in total. The maximum absolute atomic E-state index is 11.8. The van der Waals surface area contributed by atoms with Crippen LogP contribution in [0.2, 0.25) is 0 Å². The number of hydrogen-bond donors (Lipinski definition) is 3. The van der Waals surface area contributed by atoms with Gasteiger partial charge in [-0.2, -0.15) is 0 Å². The van der Waals surface area contributed by atoms with Crippen LogP contribution < -0.4 is 15.9 Å². The van der Waals surface area contributed by atoms with E-state index in [1.807, 2.05) is 0 Å². The van der Waals surface area contributed by atoms with E-state index in [1.54, 1.807) is 5.38 Å². The molecule has 0 unspecified atom stereocenters. The number of thiazole rings is 1. The van der Waals surface area contributed by atoms with Gasteiger partial charge in [0.2, 0.25) is 5.91 Å². The zero-order chi connectivity index (χ0) is 12.3. The summed E-state index contributed by atoms with van der Waals surface area (Å²) in [5, 5.41) is 4.59. The second kappa shape index (κ2) is 5.46. The van der Waals surface area contributed by atoms with Gasteiger partial charge in [-0.25, -0.2) is 0 Å². The molecule has 94 valence electrons. The number of nitrogens with two attached hydrogens (primary N) is 1. The van der Waals surface area contributed by atoms with Crippen LogP contribution in [0.3, 0.4) is 0 Å². The first kappa shape index (κ1) is 12.3. The Balaban J connectivity index is 1.79. The molecule has 1 amide bonds. The predicted octanol–water partition coefficient (Wildman–Crippen LogP) is 0.570. The first-order valence-corrected chi connectivity index (χ1v) is 6.73. The molecule has 0 atom stereocenters. The molecule has 0 spiro atoms. The van der Waals surface area contributed by atoms with Gasteiger partial charge in [0.15, 0.2) is 0 Å². The summed E-state index contributed by atoms with van der Waals surface area (Å²) in [6.45, 7) is 0.403. The molecule has 1 aliphatic rings. The second-order valence-corrected chi connectivity index (χ2v) is 5.35. The normalized spacial score (nSPS) is 24.5. The van der Waals surface area contributed by atoms with Gasteiger partial charge in [0.1, 0.15) is 0 Å². The molecule has 0 saturated heterocycles. The van der Waals surface area contributed by atoms with Crippen molar-refractivity contribution in [3.8, 4) is 0 Å². The lowest BCUT2D eigenvalue weighted by Crippen LogP contribution is -2.36. The Labute approximate surface area is 103 Å². The van der Waals surface area contributed by atoms with Gasteiger partial charge < -0.3 is 16.0 Å². The van der Waals surface area contributed by atoms with Gasteiger partial charge in [-0.05, 0) is 25.7 Å². The Morgan fingerprint density at radius 1 is 1.47 bits per heavy atom. The smallest absolute Gasteiger partial charge is 0.304 e. The summed E-state index contributed by atoms with van der Waals surface area (Å²) < 4.78 is 0. The monoisotopic (exact) mass is 255 g/mol. The van der Waals surface area contributed by atoms with Gasteiger partial charge in [-0.1, -0.05) is 11.3 Å². The lowest BCUT2D eigenvalue weighted by molar-refractivity contribution is -0.126. The lowest BCUT2D eigenvalue weighted by Gasteiger charge is -2.25. The molecule has 2 rings (SSSR count). The predicted molar refractivity (Wildman–Crippen MR) is 66.7 cm³/mol. The number of aromatic amines is 1. The molecule has 0 bridgehead atoms. The summed E-state index contributed by atoms with van der Waals surface area (Å²) in [6, 6.07) is 0.257. The van der Waals surface area contributed by atoms with Gasteiger partial charge in [0.05, 0.1) is 6.54 Å². The minimum absolute atomic E-state index is 0.0731. The van der Waals surface area contributed by atoms with Crippen molar-refractivity contribution in [2.45, 2.75) is 38.3 Å². The third-order valence-electron chi connectivity index (χ3n) is 3.17. The molecule has 6 heteroatoms. The van der Waals surface area contributed by atoms with Crippen molar-refractivity contribution in [1.82, 2.24) is 10.3 Å². The Morgan fingerprint density at radius 2 is 2.18 bits per heavy atom. The standard InChI is InChI=1S/C11H17N3O2S/c12-8-3-1-7(2-4-8)10(15)13-5-9-6-17-11(16)14-9/h6-8H,1-5,12H2,(H,13,15)(H,14,16). The number of carbonyl (C=O) groups is 1. The van der Waals surface area contributed by atoms with Crippen molar-refractivity contribution in [3.05, 3.63) is 20.7 Å². The van der Waals surface area contributed by atoms with E-state index >= 15 is 0 Å². The Kier molecular flexibility index (Phi) is 3.96. The van der Waals surface area contributed by atoms with Crippen LogP contribution in [0, 0.1) is 5.92 Å². The van der Waals surface area contributed by atoms with Gasteiger partial charge >= 0.3 is 4.87 Å².